The van der Waals surface area contributed by atoms with Crippen LogP contribution in [0.25, 0.3) is 0 Å². The highest BCUT2D eigenvalue weighted by molar-refractivity contribution is 8.00. The number of aromatic nitrogens is 1. The van der Waals surface area contributed by atoms with Crippen molar-refractivity contribution >= 4 is 98.6 Å². The van der Waals surface area contributed by atoms with Gasteiger partial charge in [-0.05, 0) is 84.8 Å². The van der Waals surface area contributed by atoms with Crippen LogP contribution < -0.4 is 19.8 Å². The van der Waals surface area contributed by atoms with Crippen LogP contribution in [0.15, 0.2) is 70.5 Å². The van der Waals surface area contributed by atoms with Crippen LogP contribution in [0, 0.1) is 29.6 Å². The molecule has 240 valence electrons. The van der Waals surface area contributed by atoms with Gasteiger partial charge in [-0.15, -0.1) is 11.8 Å². The molecule has 1 saturated heterocycles. The molecule has 8 rings (SSSR count). The van der Waals surface area contributed by atoms with Crippen LogP contribution in [0.3, 0.4) is 0 Å². The molecule has 2 aliphatic heterocycles. The number of carbonyl (C=O) groups excluding carboxylic acids is 3. The van der Waals surface area contributed by atoms with Crippen LogP contribution in [-0.2, 0) is 14.4 Å². The molecule has 3 aromatic carbocycles. The molecular weight excluding hydrogens is 724 g/mol. The van der Waals surface area contributed by atoms with Crippen LogP contribution in [0.1, 0.15) is 22.8 Å². The molecule has 4 unspecified atom stereocenters. The Hall–Kier alpha value is -2.99. The van der Waals surface area contributed by atoms with Crippen LogP contribution >= 0.6 is 69.5 Å². The van der Waals surface area contributed by atoms with E-state index in [1.165, 1.54) is 4.90 Å². The molecule has 0 spiro atoms. The first kappa shape index (κ1) is 31.3. The Morgan fingerprint density at radius 3 is 2.36 bits per heavy atom. The van der Waals surface area contributed by atoms with Crippen LogP contribution in [0.5, 0.6) is 5.75 Å². The Labute approximate surface area is 296 Å². The van der Waals surface area contributed by atoms with E-state index in [1.54, 1.807) is 66.4 Å². The molecule has 3 fully saturated rings. The van der Waals surface area contributed by atoms with Gasteiger partial charge >= 0.3 is 4.87 Å². The van der Waals surface area contributed by atoms with Crippen molar-refractivity contribution in [3.63, 3.8) is 0 Å². The summed E-state index contributed by atoms with van der Waals surface area (Å²) < 4.78 is 6.13. The SMILES string of the molecule is O=C(COc1ccc(Cl)cc1[C@H]1c2sc(=O)[nH]c2SC2C1[C@H]1C[C@@H]2C2C(=O)N(c3ccc(Cl)cc3)C(=O)C21)Nc1ccc(Cl)c(Cl)c1. The molecule has 2 saturated carbocycles. The van der Waals surface area contributed by atoms with Crippen molar-refractivity contribution < 1.29 is 19.1 Å². The van der Waals surface area contributed by atoms with Crippen molar-refractivity contribution in [1.82, 2.24) is 4.98 Å². The molecule has 0 radical (unpaired) electrons. The van der Waals surface area contributed by atoms with Gasteiger partial charge in [0, 0.05) is 37.3 Å². The zero-order chi connectivity index (χ0) is 32.7. The normalized spacial score (nSPS) is 27.1. The zero-order valence-corrected chi connectivity index (χ0v) is 28.7. The fourth-order valence-electron chi connectivity index (χ4n) is 8.02. The molecule has 7 atom stereocenters. The van der Waals surface area contributed by atoms with Crippen molar-refractivity contribution in [2.75, 3.05) is 16.8 Å². The summed E-state index contributed by atoms with van der Waals surface area (Å²) in [6.07, 6.45) is 0.724. The summed E-state index contributed by atoms with van der Waals surface area (Å²) in [4.78, 5) is 58.5. The van der Waals surface area contributed by atoms with Crippen molar-refractivity contribution in [3.8, 4) is 5.75 Å². The lowest BCUT2D eigenvalue weighted by atomic mass is 9.68. The number of anilines is 2. The number of benzene rings is 3. The van der Waals surface area contributed by atoms with Crippen LogP contribution in [0.4, 0.5) is 11.4 Å². The number of H-pyrrole nitrogens is 1. The van der Waals surface area contributed by atoms with Crippen molar-refractivity contribution in [2.45, 2.75) is 22.6 Å². The fourth-order valence-corrected chi connectivity index (χ4v) is 11.5. The number of ether oxygens (including phenoxy) is 1. The summed E-state index contributed by atoms with van der Waals surface area (Å²) in [5.41, 5.74) is 1.71. The number of nitrogens with zero attached hydrogens (tertiary/aromatic N) is 1. The Kier molecular flexibility index (Phi) is 7.89. The van der Waals surface area contributed by atoms with Gasteiger partial charge in [-0.2, -0.15) is 0 Å². The van der Waals surface area contributed by atoms with Crippen LogP contribution in [-0.4, -0.2) is 34.6 Å². The van der Waals surface area contributed by atoms with E-state index in [-0.39, 0.29) is 52.2 Å². The third-order valence-electron chi connectivity index (χ3n) is 9.68. The Balaban J connectivity index is 1.13. The molecule has 3 amide bonds. The minimum absolute atomic E-state index is 0.0318. The predicted molar refractivity (Wildman–Crippen MR) is 184 cm³/mol. The minimum atomic E-state index is -0.481. The highest BCUT2D eigenvalue weighted by atomic mass is 35.5. The maximum atomic E-state index is 14.0. The summed E-state index contributed by atoms with van der Waals surface area (Å²) in [6.45, 7) is -0.305. The van der Waals surface area contributed by atoms with Gasteiger partial charge in [-0.25, -0.2) is 0 Å². The number of hydrogen-bond donors (Lipinski definition) is 2. The molecule has 4 aliphatic rings. The molecular formula is C33H23Cl4N3O5S2. The van der Waals surface area contributed by atoms with E-state index in [0.29, 0.717) is 37.2 Å². The van der Waals surface area contributed by atoms with Crippen molar-refractivity contribution in [3.05, 3.63) is 101 Å². The maximum Gasteiger partial charge on any atom is 0.305 e. The van der Waals surface area contributed by atoms with Gasteiger partial charge in [0.1, 0.15) is 5.75 Å². The average Bonchev–Trinajstić information content (AvgIpc) is 3.78. The Morgan fingerprint density at radius 1 is 0.894 bits per heavy atom. The molecule has 2 N–H and O–H groups in total. The van der Waals surface area contributed by atoms with Gasteiger partial charge in [0.05, 0.1) is 32.6 Å². The van der Waals surface area contributed by atoms with Gasteiger partial charge in [0.2, 0.25) is 11.8 Å². The number of nitrogens with one attached hydrogen (secondary N) is 2. The van der Waals surface area contributed by atoms with Crippen LogP contribution in [0.2, 0.25) is 20.1 Å². The minimum Gasteiger partial charge on any atom is -0.483 e. The molecule has 3 heterocycles. The van der Waals surface area contributed by atoms with Crippen molar-refractivity contribution in [1.29, 1.82) is 0 Å². The Bertz CT molecular complexity index is 2030. The van der Waals surface area contributed by atoms with E-state index in [4.69, 9.17) is 51.1 Å². The first-order valence-corrected chi connectivity index (χ1v) is 18.0. The third-order valence-corrected chi connectivity index (χ3v) is 13.5. The summed E-state index contributed by atoms with van der Waals surface area (Å²) in [5, 5.41) is 5.15. The second kappa shape index (κ2) is 11.9. The number of imide groups is 1. The van der Waals surface area contributed by atoms with Gasteiger partial charge in [-0.1, -0.05) is 57.7 Å². The number of fused-ring (bicyclic) bond motifs is 9. The lowest BCUT2D eigenvalue weighted by Crippen LogP contribution is -2.42. The summed E-state index contributed by atoms with van der Waals surface area (Å²) in [5.74, 6) is -1.89. The quantitative estimate of drug-likeness (QED) is 0.196. The first-order chi connectivity index (χ1) is 22.6. The van der Waals surface area contributed by atoms with E-state index in [0.717, 1.165) is 33.2 Å². The van der Waals surface area contributed by atoms with E-state index in [1.807, 2.05) is 6.07 Å². The monoisotopic (exact) mass is 745 g/mol. The lowest BCUT2D eigenvalue weighted by molar-refractivity contribution is -0.123. The molecule has 8 nitrogen and oxygen atoms in total. The molecule has 14 heteroatoms. The summed E-state index contributed by atoms with van der Waals surface area (Å²) >= 11 is 27.5. The molecule has 1 aromatic heterocycles. The topological polar surface area (TPSA) is 109 Å². The first-order valence-electron chi connectivity index (χ1n) is 14.8. The van der Waals surface area contributed by atoms with Gasteiger partial charge in [0.25, 0.3) is 5.91 Å². The highest BCUT2D eigenvalue weighted by Gasteiger charge is 2.69. The molecule has 47 heavy (non-hydrogen) atoms. The highest BCUT2D eigenvalue weighted by Crippen LogP contribution is 2.69. The predicted octanol–water partition coefficient (Wildman–Crippen LogP) is 7.75. The number of hydrogen-bond acceptors (Lipinski definition) is 7. The zero-order valence-electron chi connectivity index (χ0n) is 24.0. The number of aromatic amines is 1. The molecule has 2 bridgehead atoms. The molecule has 2 aliphatic carbocycles. The number of amides is 3. The standard InChI is InChI=1S/C33H23Cl4N3O5S2/c34-13-1-5-16(6-2-13)40-31(42)26-18-11-19(27(26)32(40)43)28-25(18)24(29-30(46-28)39-33(44)47-29)17-9-14(35)3-8-22(17)45-12-23(41)38-15-4-7-20(36)21(37)10-15/h1-10,18-19,24-28H,11-12H2,(H,38,41)(H,39,44)/t18-,19-,24-,25?,26?,27?,28?/m1/s1. The van der Waals surface area contributed by atoms with E-state index in [2.05, 4.69) is 10.3 Å². The summed E-state index contributed by atoms with van der Waals surface area (Å²) in [6, 6.07) is 16.7. The van der Waals surface area contributed by atoms with E-state index >= 15 is 0 Å². The lowest BCUT2D eigenvalue weighted by Gasteiger charge is -2.43. The Morgan fingerprint density at radius 2 is 1.62 bits per heavy atom. The number of thioether (sulfide) groups is 1. The maximum absolute atomic E-state index is 14.0. The van der Waals surface area contributed by atoms with Gasteiger partial charge in [0.15, 0.2) is 6.61 Å². The van der Waals surface area contributed by atoms with Gasteiger partial charge in [-0.3, -0.25) is 24.1 Å². The van der Waals surface area contributed by atoms with Crippen molar-refractivity contribution in [2.24, 2.45) is 29.6 Å². The number of thiazole rings is 1. The second-order valence-corrected chi connectivity index (χ2v) is 16.0. The second-order valence-electron chi connectivity index (χ2n) is 12.1. The fraction of sp³-hybridized carbons (Fsp3) is 0.273. The average molecular weight is 748 g/mol. The number of halogens is 4. The number of carbonyl (C=O) groups is 3. The largest absolute Gasteiger partial charge is 0.483 e. The van der Waals surface area contributed by atoms with E-state index < -0.39 is 17.7 Å². The smallest absolute Gasteiger partial charge is 0.305 e. The van der Waals surface area contributed by atoms with E-state index in [9.17, 15) is 19.2 Å². The molecule has 4 aromatic rings. The number of rotatable bonds is 6. The van der Waals surface area contributed by atoms with Gasteiger partial charge < -0.3 is 15.0 Å². The summed E-state index contributed by atoms with van der Waals surface area (Å²) in [7, 11) is 0. The third kappa shape index (κ3) is 5.19.